The zero-order chi connectivity index (χ0) is 24.6. The summed E-state index contributed by atoms with van der Waals surface area (Å²) in [7, 11) is 3.06. The Balaban J connectivity index is 1.89. The number of benzene rings is 2. The lowest BCUT2D eigenvalue weighted by molar-refractivity contribution is -0.143. The Hall–Kier alpha value is -3.55. The van der Waals surface area contributed by atoms with Gasteiger partial charge in [-0.2, -0.15) is 0 Å². The summed E-state index contributed by atoms with van der Waals surface area (Å²) in [6, 6.07) is 7.52. The van der Waals surface area contributed by atoms with Gasteiger partial charge in [0.05, 0.1) is 20.8 Å². The maximum absolute atomic E-state index is 11.7. The third-order valence-electron chi connectivity index (χ3n) is 6.51. The highest BCUT2D eigenvalue weighted by Crippen LogP contribution is 2.53. The second-order valence-corrected chi connectivity index (χ2v) is 8.70. The van der Waals surface area contributed by atoms with Crippen LogP contribution in [0.2, 0.25) is 0 Å². The van der Waals surface area contributed by atoms with Crippen molar-refractivity contribution >= 4 is 17.9 Å². The fourth-order valence-corrected chi connectivity index (χ4v) is 5.24. The Morgan fingerprint density at radius 2 is 1.21 bits per heavy atom. The molecule has 0 spiro atoms. The molecule has 2 aliphatic rings. The van der Waals surface area contributed by atoms with Gasteiger partial charge in [-0.25, -0.2) is 0 Å². The summed E-state index contributed by atoms with van der Waals surface area (Å²) < 4.78 is 27.3. The largest absolute Gasteiger partial charge is 0.493 e. The standard InChI is InChI=1S/C26H28O8/c1-13(27)32-12-21-16-6-17-8-22(30-4)25(34-15(3)29)11-20(17)26(21)19-10-23(31-5)24(33-14(2)28)9-18(19)7-16/h8-11,16,21,26H,6-7,12H2,1-5H3. The molecular formula is C26H28O8. The molecule has 3 atom stereocenters. The summed E-state index contributed by atoms with van der Waals surface area (Å²) in [4.78, 5) is 35.0. The van der Waals surface area contributed by atoms with Crippen LogP contribution in [-0.2, 0) is 32.0 Å². The first-order valence-corrected chi connectivity index (χ1v) is 11.1. The molecule has 8 heteroatoms. The number of esters is 3. The molecule has 2 bridgehead atoms. The van der Waals surface area contributed by atoms with Gasteiger partial charge in [-0.3, -0.25) is 14.4 Å². The predicted octanol–water partition coefficient (Wildman–Crippen LogP) is 3.59. The Kier molecular flexibility index (Phi) is 6.50. The Morgan fingerprint density at radius 1 is 0.735 bits per heavy atom. The summed E-state index contributed by atoms with van der Waals surface area (Å²) in [6.45, 7) is 4.36. The van der Waals surface area contributed by atoms with E-state index in [1.54, 1.807) is 7.11 Å². The maximum Gasteiger partial charge on any atom is 0.308 e. The van der Waals surface area contributed by atoms with Crippen molar-refractivity contribution in [3.63, 3.8) is 0 Å². The predicted molar refractivity (Wildman–Crippen MR) is 121 cm³/mol. The van der Waals surface area contributed by atoms with E-state index < -0.39 is 11.9 Å². The van der Waals surface area contributed by atoms with Gasteiger partial charge < -0.3 is 23.7 Å². The van der Waals surface area contributed by atoms with Crippen LogP contribution in [0.25, 0.3) is 0 Å². The van der Waals surface area contributed by atoms with Gasteiger partial charge in [-0.1, -0.05) is 0 Å². The van der Waals surface area contributed by atoms with Gasteiger partial charge in [-0.05, 0) is 65.3 Å². The highest BCUT2D eigenvalue weighted by Gasteiger charge is 2.44. The van der Waals surface area contributed by atoms with Crippen molar-refractivity contribution in [2.45, 2.75) is 39.5 Å². The third kappa shape index (κ3) is 4.44. The summed E-state index contributed by atoms with van der Waals surface area (Å²) in [6.07, 6.45) is 1.46. The molecule has 0 aromatic heterocycles. The van der Waals surface area contributed by atoms with E-state index >= 15 is 0 Å². The van der Waals surface area contributed by atoms with Gasteiger partial charge in [0.15, 0.2) is 23.0 Å². The Labute approximate surface area is 198 Å². The number of hydrogen-bond donors (Lipinski definition) is 0. The van der Waals surface area contributed by atoms with E-state index in [9.17, 15) is 14.4 Å². The number of ether oxygens (including phenoxy) is 5. The molecule has 2 aromatic carbocycles. The lowest BCUT2D eigenvalue weighted by Crippen LogP contribution is -2.39. The number of carbonyl (C=O) groups excluding carboxylic acids is 3. The second-order valence-electron chi connectivity index (χ2n) is 8.70. The zero-order valence-electron chi connectivity index (χ0n) is 19.9. The number of hydrogen-bond acceptors (Lipinski definition) is 8. The van der Waals surface area contributed by atoms with Crippen molar-refractivity contribution in [2.24, 2.45) is 11.8 Å². The minimum atomic E-state index is -0.444. The lowest BCUT2D eigenvalue weighted by Gasteiger charge is -2.45. The van der Waals surface area contributed by atoms with Gasteiger partial charge in [0, 0.05) is 32.6 Å². The van der Waals surface area contributed by atoms with Gasteiger partial charge >= 0.3 is 17.9 Å². The van der Waals surface area contributed by atoms with E-state index in [4.69, 9.17) is 23.7 Å². The van der Waals surface area contributed by atoms with E-state index in [1.807, 2.05) is 24.3 Å². The minimum absolute atomic E-state index is 0.0201. The summed E-state index contributed by atoms with van der Waals surface area (Å²) in [5.74, 6) is 0.520. The molecule has 0 aliphatic heterocycles. The SMILES string of the molecule is COc1cc2c(cc1OC(C)=O)CC1Cc3cc(OC)c(OC(C)=O)cc3C2C1COC(C)=O. The van der Waals surface area contributed by atoms with Gasteiger partial charge in [0.1, 0.15) is 0 Å². The topological polar surface area (TPSA) is 97.4 Å². The van der Waals surface area contributed by atoms with Crippen LogP contribution in [0.5, 0.6) is 23.0 Å². The molecule has 34 heavy (non-hydrogen) atoms. The quantitative estimate of drug-likeness (QED) is 0.469. The lowest BCUT2D eigenvalue weighted by atomic mass is 9.60. The van der Waals surface area contributed by atoms with Crippen LogP contribution in [0.3, 0.4) is 0 Å². The van der Waals surface area contributed by atoms with Crippen molar-refractivity contribution in [2.75, 3.05) is 20.8 Å². The van der Waals surface area contributed by atoms with E-state index in [1.165, 1.54) is 27.9 Å². The van der Waals surface area contributed by atoms with Crippen LogP contribution in [0, 0.1) is 11.8 Å². The van der Waals surface area contributed by atoms with E-state index in [-0.39, 0.29) is 30.3 Å². The van der Waals surface area contributed by atoms with Crippen LogP contribution in [0.4, 0.5) is 0 Å². The van der Waals surface area contributed by atoms with Crippen molar-refractivity contribution in [3.8, 4) is 23.0 Å². The average molecular weight is 469 g/mol. The maximum atomic E-state index is 11.7. The molecule has 0 N–H and O–H groups in total. The first-order valence-electron chi connectivity index (χ1n) is 11.1. The van der Waals surface area contributed by atoms with E-state index in [0.717, 1.165) is 35.1 Å². The zero-order valence-corrected chi connectivity index (χ0v) is 19.9. The molecule has 2 aliphatic carbocycles. The van der Waals surface area contributed by atoms with Crippen molar-refractivity contribution in [1.29, 1.82) is 0 Å². The van der Waals surface area contributed by atoms with Crippen molar-refractivity contribution < 1.29 is 38.1 Å². The molecule has 0 saturated carbocycles. The molecular weight excluding hydrogens is 440 g/mol. The first kappa shape index (κ1) is 23.6. The molecule has 0 amide bonds. The van der Waals surface area contributed by atoms with Crippen LogP contribution in [0.1, 0.15) is 48.9 Å². The Bertz CT molecular complexity index is 1150. The van der Waals surface area contributed by atoms with E-state index in [0.29, 0.717) is 23.0 Å². The molecule has 4 rings (SSSR count). The molecule has 0 fully saturated rings. The second kappa shape index (κ2) is 9.37. The van der Waals surface area contributed by atoms with Crippen LogP contribution in [0.15, 0.2) is 24.3 Å². The van der Waals surface area contributed by atoms with Crippen molar-refractivity contribution in [1.82, 2.24) is 0 Å². The minimum Gasteiger partial charge on any atom is -0.493 e. The highest BCUT2D eigenvalue weighted by atomic mass is 16.6. The molecule has 180 valence electrons. The van der Waals surface area contributed by atoms with E-state index in [2.05, 4.69) is 0 Å². The van der Waals surface area contributed by atoms with Crippen LogP contribution in [-0.4, -0.2) is 38.7 Å². The monoisotopic (exact) mass is 468 g/mol. The molecule has 0 radical (unpaired) electrons. The Morgan fingerprint density at radius 3 is 1.71 bits per heavy atom. The van der Waals surface area contributed by atoms with Gasteiger partial charge in [0.25, 0.3) is 0 Å². The normalized spacial score (nSPS) is 19.9. The molecule has 2 aromatic rings. The molecule has 8 nitrogen and oxygen atoms in total. The van der Waals surface area contributed by atoms with Crippen molar-refractivity contribution in [3.05, 3.63) is 46.5 Å². The summed E-state index contributed by atoms with van der Waals surface area (Å²) in [5, 5.41) is 0. The van der Waals surface area contributed by atoms with Crippen LogP contribution < -0.4 is 18.9 Å². The molecule has 3 unspecified atom stereocenters. The fourth-order valence-electron chi connectivity index (χ4n) is 5.24. The summed E-state index contributed by atoms with van der Waals surface area (Å²) >= 11 is 0. The summed E-state index contributed by atoms with van der Waals surface area (Å²) in [5.41, 5.74) is 4.12. The van der Waals surface area contributed by atoms with Gasteiger partial charge in [-0.15, -0.1) is 0 Å². The van der Waals surface area contributed by atoms with Gasteiger partial charge in [0.2, 0.25) is 0 Å². The average Bonchev–Trinajstić information content (AvgIpc) is 2.76. The smallest absolute Gasteiger partial charge is 0.308 e. The van der Waals surface area contributed by atoms with Crippen LogP contribution >= 0.6 is 0 Å². The third-order valence-corrected chi connectivity index (χ3v) is 6.51. The molecule has 0 heterocycles. The number of carbonyl (C=O) groups is 3. The number of rotatable bonds is 6. The number of fused-ring (bicyclic) bond motifs is 6. The first-order chi connectivity index (χ1) is 16.2. The highest BCUT2D eigenvalue weighted by molar-refractivity contribution is 5.72. The number of methoxy groups -OCH3 is 2. The molecule has 0 saturated heterocycles. The fraction of sp³-hybridized carbons (Fsp3) is 0.423.